The molecule has 0 atom stereocenters. The van der Waals surface area contributed by atoms with Crippen LogP contribution in [0, 0.1) is 0 Å². The zero-order valence-electron chi connectivity index (χ0n) is 15.4. The Morgan fingerprint density at radius 2 is 1.89 bits per heavy atom. The number of methoxy groups -OCH3 is 1. The minimum absolute atomic E-state index is 0.298. The monoisotopic (exact) mass is 355 g/mol. The number of pyridine rings is 1. The normalized spacial score (nSPS) is 14.6. The Bertz CT molecular complexity index is 1050. The van der Waals surface area contributed by atoms with E-state index in [0.717, 1.165) is 17.7 Å². The van der Waals surface area contributed by atoms with E-state index in [9.17, 15) is 4.79 Å². The van der Waals surface area contributed by atoms with E-state index in [2.05, 4.69) is 47.4 Å². The molecule has 2 aliphatic carbocycles. The van der Waals surface area contributed by atoms with Crippen molar-refractivity contribution in [2.24, 2.45) is 0 Å². The average Bonchev–Trinajstić information content (AvgIpc) is 3.48. The highest BCUT2D eigenvalue weighted by Crippen LogP contribution is 2.40. The summed E-state index contributed by atoms with van der Waals surface area (Å²) in [6.07, 6.45) is 5.92. The molecule has 3 aromatic rings. The van der Waals surface area contributed by atoms with Gasteiger partial charge in [0.1, 0.15) is 0 Å². The molecule has 1 aromatic heterocycles. The summed E-state index contributed by atoms with van der Waals surface area (Å²) >= 11 is 0. The van der Waals surface area contributed by atoms with Crippen molar-refractivity contribution in [3.8, 4) is 11.1 Å². The van der Waals surface area contributed by atoms with Crippen LogP contribution in [0.15, 0.2) is 54.7 Å². The first-order valence-corrected chi connectivity index (χ1v) is 9.50. The molecule has 0 spiro atoms. The van der Waals surface area contributed by atoms with Gasteiger partial charge in [0.25, 0.3) is 0 Å². The van der Waals surface area contributed by atoms with E-state index >= 15 is 0 Å². The Hall–Kier alpha value is -2.94. The van der Waals surface area contributed by atoms with Crippen LogP contribution >= 0.6 is 0 Å². The fraction of sp³-hybridized carbons (Fsp3) is 0.250. The van der Waals surface area contributed by atoms with Crippen molar-refractivity contribution in [3.05, 3.63) is 88.2 Å². The number of carbonyl (C=O) groups is 1. The second-order valence-electron chi connectivity index (χ2n) is 7.53. The minimum atomic E-state index is -0.298. The molecule has 3 heteroatoms. The number of nitrogens with zero attached hydrogens (tertiary/aromatic N) is 1. The highest BCUT2D eigenvalue weighted by atomic mass is 16.5. The standard InChI is InChI=1S/C24H21NO2/c1-27-24(26)22-13-19(16-7-8-16)14-25-23(22)11-15-6-9-21-18(10-15)12-17-4-2-3-5-20(17)21/h2-6,9-10,13-14,16H,7-8,11-12H2,1H3. The number of hydrogen-bond donors (Lipinski definition) is 0. The van der Waals surface area contributed by atoms with Crippen LogP contribution in [0.25, 0.3) is 11.1 Å². The van der Waals surface area contributed by atoms with Gasteiger partial charge >= 0.3 is 5.97 Å². The van der Waals surface area contributed by atoms with Gasteiger partial charge in [-0.3, -0.25) is 4.98 Å². The van der Waals surface area contributed by atoms with Gasteiger partial charge in [0, 0.05) is 12.6 Å². The van der Waals surface area contributed by atoms with E-state index < -0.39 is 0 Å². The number of esters is 1. The zero-order chi connectivity index (χ0) is 18.4. The Morgan fingerprint density at radius 1 is 1.07 bits per heavy atom. The maximum atomic E-state index is 12.3. The smallest absolute Gasteiger partial charge is 0.339 e. The largest absolute Gasteiger partial charge is 0.465 e. The highest BCUT2D eigenvalue weighted by Gasteiger charge is 2.26. The van der Waals surface area contributed by atoms with E-state index in [4.69, 9.17) is 4.74 Å². The number of fused-ring (bicyclic) bond motifs is 3. The molecule has 3 nitrogen and oxygen atoms in total. The van der Waals surface area contributed by atoms with Crippen molar-refractivity contribution >= 4 is 5.97 Å². The van der Waals surface area contributed by atoms with Gasteiger partial charge in [0.05, 0.1) is 18.4 Å². The van der Waals surface area contributed by atoms with Crippen molar-refractivity contribution in [1.82, 2.24) is 4.98 Å². The zero-order valence-corrected chi connectivity index (χ0v) is 15.4. The molecule has 2 aliphatic rings. The summed E-state index contributed by atoms with van der Waals surface area (Å²) in [4.78, 5) is 16.9. The van der Waals surface area contributed by atoms with Crippen LogP contribution in [-0.2, 0) is 17.6 Å². The Balaban J connectivity index is 1.47. The molecule has 2 aromatic carbocycles. The van der Waals surface area contributed by atoms with Gasteiger partial charge in [-0.25, -0.2) is 4.79 Å². The van der Waals surface area contributed by atoms with Crippen molar-refractivity contribution in [3.63, 3.8) is 0 Å². The second-order valence-corrected chi connectivity index (χ2v) is 7.53. The summed E-state index contributed by atoms with van der Waals surface area (Å²) in [5, 5.41) is 0. The van der Waals surface area contributed by atoms with Crippen molar-refractivity contribution in [1.29, 1.82) is 0 Å². The molecular formula is C24H21NO2. The summed E-state index contributed by atoms with van der Waals surface area (Å²) in [7, 11) is 1.43. The minimum Gasteiger partial charge on any atom is -0.465 e. The van der Waals surface area contributed by atoms with Crippen molar-refractivity contribution in [2.45, 2.75) is 31.6 Å². The molecule has 27 heavy (non-hydrogen) atoms. The molecule has 0 bridgehead atoms. The van der Waals surface area contributed by atoms with Gasteiger partial charge in [-0.1, -0.05) is 42.5 Å². The third-order valence-electron chi connectivity index (χ3n) is 5.68. The number of carbonyl (C=O) groups excluding carboxylic acids is 1. The third kappa shape index (κ3) is 2.93. The van der Waals surface area contributed by atoms with Crippen LogP contribution in [0.2, 0.25) is 0 Å². The number of ether oxygens (including phenoxy) is 1. The van der Waals surface area contributed by atoms with Gasteiger partial charge in [0.2, 0.25) is 0 Å². The SMILES string of the molecule is COC(=O)c1cc(C2CC2)cnc1Cc1ccc2c(c1)Cc1ccccc1-2. The second kappa shape index (κ2) is 6.34. The first kappa shape index (κ1) is 16.2. The lowest BCUT2D eigenvalue weighted by Crippen LogP contribution is -2.09. The quantitative estimate of drug-likeness (QED) is 0.488. The summed E-state index contributed by atoms with van der Waals surface area (Å²) in [6.45, 7) is 0. The molecule has 134 valence electrons. The van der Waals surface area contributed by atoms with E-state index in [-0.39, 0.29) is 5.97 Å². The van der Waals surface area contributed by atoms with Crippen LogP contribution in [0.3, 0.4) is 0 Å². The predicted octanol–water partition coefficient (Wildman–Crippen LogP) is 4.91. The Kier molecular flexibility index (Phi) is 3.82. The molecule has 0 radical (unpaired) electrons. The highest BCUT2D eigenvalue weighted by molar-refractivity contribution is 5.91. The lowest BCUT2D eigenvalue weighted by Gasteiger charge is -2.10. The first-order valence-electron chi connectivity index (χ1n) is 9.50. The molecule has 1 saturated carbocycles. The summed E-state index contributed by atoms with van der Waals surface area (Å²) in [6, 6.07) is 17.2. The molecule has 1 heterocycles. The third-order valence-corrected chi connectivity index (χ3v) is 5.68. The summed E-state index contributed by atoms with van der Waals surface area (Å²) in [5.74, 6) is 0.266. The van der Waals surface area contributed by atoms with Crippen LogP contribution < -0.4 is 0 Å². The maximum absolute atomic E-state index is 12.3. The van der Waals surface area contributed by atoms with Gasteiger partial charge in [0.15, 0.2) is 0 Å². The van der Waals surface area contributed by atoms with E-state index in [1.165, 1.54) is 47.8 Å². The molecule has 0 saturated heterocycles. The van der Waals surface area contributed by atoms with Gasteiger partial charge in [-0.15, -0.1) is 0 Å². The molecule has 5 rings (SSSR count). The number of aromatic nitrogens is 1. The van der Waals surface area contributed by atoms with E-state index in [1.54, 1.807) is 0 Å². The topological polar surface area (TPSA) is 39.2 Å². The number of rotatable bonds is 4. The molecule has 0 aliphatic heterocycles. The Labute approximate surface area is 159 Å². The predicted molar refractivity (Wildman–Crippen MR) is 105 cm³/mol. The fourth-order valence-electron chi connectivity index (χ4n) is 4.08. The Morgan fingerprint density at radius 3 is 2.70 bits per heavy atom. The van der Waals surface area contributed by atoms with Crippen LogP contribution in [0.4, 0.5) is 0 Å². The molecule has 0 amide bonds. The summed E-state index contributed by atoms with van der Waals surface area (Å²) in [5.41, 5.74) is 9.12. The van der Waals surface area contributed by atoms with Crippen molar-refractivity contribution in [2.75, 3.05) is 7.11 Å². The van der Waals surface area contributed by atoms with Crippen molar-refractivity contribution < 1.29 is 9.53 Å². The van der Waals surface area contributed by atoms with Gasteiger partial charge in [-0.2, -0.15) is 0 Å². The van der Waals surface area contributed by atoms with Crippen LogP contribution in [0.1, 0.15) is 57.1 Å². The average molecular weight is 355 g/mol. The number of hydrogen-bond acceptors (Lipinski definition) is 3. The van der Waals surface area contributed by atoms with E-state index in [1.807, 2.05) is 12.3 Å². The molecular weight excluding hydrogens is 334 g/mol. The lowest BCUT2D eigenvalue weighted by molar-refractivity contribution is 0.0599. The summed E-state index contributed by atoms with van der Waals surface area (Å²) < 4.78 is 5.01. The molecule has 1 fully saturated rings. The van der Waals surface area contributed by atoms with E-state index in [0.29, 0.717) is 17.9 Å². The lowest BCUT2D eigenvalue weighted by atomic mass is 9.98. The van der Waals surface area contributed by atoms with Gasteiger partial charge in [-0.05, 0) is 64.6 Å². The molecule has 0 N–H and O–H groups in total. The van der Waals surface area contributed by atoms with Gasteiger partial charge < -0.3 is 4.74 Å². The molecule has 0 unspecified atom stereocenters. The fourth-order valence-corrected chi connectivity index (χ4v) is 4.08. The van der Waals surface area contributed by atoms with Crippen LogP contribution in [-0.4, -0.2) is 18.1 Å². The number of benzene rings is 2. The maximum Gasteiger partial charge on any atom is 0.339 e. The van der Waals surface area contributed by atoms with Crippen LogP contribution in [0.5, 0.6) is 0 Å². The first-order chi connectivity index (χ1) is 13.2.